The number of para-hydroxylation sites is 2. The van der Waals surface area contributed by atoms with Crippen molar-refractivity contribution in [3.8, 4) is 16.9 Å². The number of benzene rings is 3. The van der Waals surface area contributed by atoms with Gasteiger partial charge >= 0.3 is 0 Å². The zero-order valence-corrected chi connectivity index (χ0v) is 17.5. The van der Waals surface area contributed by atoms with Gasteiger partial charge in [0.1, 0.15) is 0 Å². The molecule has 32 heavy (non-hydrogen) atoms. The van der Waals surface area contributed by atoms with E-state index in [1.54, 1.807) is 13.1 Å². The number of fused-ring (bicyclic) bond motifs is 1. The average molecular weight is 419 g/mol. The lowest BCUT2D eigenvalue weighted by Gasteiger charge is -2.12. The molecule has 0 atom stereocenters. The van der Waals surface area contributed by atoms with E-state index in [0.717, 1.165) is 33.4 Å². The number of aromatic nitrogens is 3. The highest BCUT2D eigenvalue weighted by atomic mass is 16.1. The van der Waals surface area contributed by atoms with Crippen molar-refractivity contribution in [2.24, 2.45) is 5.10 Å². The molecule has 0 aliphatic carbocycles. The van der Waals surface area contributed by atoms with Gasteiger partial charge in [-0.1, -0.05) is 66.7 Å². The smallest absolute Gasteiger partial charge is 0.252 e. The minimum absolute atomic E-state index is 0.221. The number of aromatic amines is 1. The maximum Gasteiger partial charge on any atom is 0.252 e. The van der Waals surface area contributed by atoms with Crippen LogP contribution in [0.2, 0.25) is 0 Å². The van der Waals surface area contributed by atoms with Crippen LogP contribution in [0, 0.1) is 6.92 Å². The molecule has 156 valence electrons. The second-order valence-electron chi connectivity index (χ2n) is 7.42. The van der Waals surface area contributed by atoms with Gasteiger partial charge in [-0.2, -0.15) is 5.10 Å². The van der Waals surface area contributed by atoms with Crippen LogP contribution in [0.25, 0.3) is 27.8 Å². The van der Waals surface area contributed by atoms with Gasteiger partial charge in [0.2, 0.25) is 5.95 Å². The molecule has 0 fully saturated rings. The molecule has 0 saturated heterocycles. The Labute approximate surface area is 184 Å². The summed E-state index contributed by atoms with van der Waals surface area (Å²) < 4.78 is 2.25. The predicted octanol–water partition coefficient (Wildman–Crippen LogP) is 5.14. The second kappa shape index (κ2) is 8.35. The Hall–Kier alpha value is -4.45. The van der Waals surface area contributed by atoms with Crippen molar-refractivity contribution in [2.75, 3.05) is 5.43 Å². The zero-order chi connectivity index (χ0) is 21.9. The van der Waals surface area contributed by atoms with Crippen LogP contribution in [-0.4, -0.2) is 20.7 Å². The first-order valence-corrected chi connectivity index (χ1v) is 10.3. The van der Waals surface area contributed by atoms with E-state index in [9.17, 15) is 4.79 Å². The van der Waals surface area contributed by atoms with Gasteiger partial charge in [0.05, 0.1) is 17.4 Å². The average Bonchev–Trinajstić information content (AvgIpc) is 3.14. The molecule has 2 aromatic heterocycles. The summed E-state index contributed by atoms with van der Waals surface area (Å²) in [7, 11) is 0. The molecule has 2 N–H and O–H groups in total. The van der Waals surface area contributed by atoms with Crippen LogP contribution in [0.4, 0.5) is 5.95 Å². The summed E-state index contributed by atoms with van der Waals surface area (Å²) in [6, 6.07) is 30.2. The van der Waals surface area contributed by atoms with Crippen LogP contribution in [0.3, 0.4) is 0 Å². The third-order valence-corrected chi connectivity index (χ3v) is 5.21. The Kier molecular flexibility index (Phi) is 5.09. The Morgan fingerprint density at radius 3 is 2.38 bits per heavy atom. The number of hydrogen-bond acceptors (Lipinski definition) is 4. The zero-order valence-electron chi connectivity index (χ0n) is 17.5. The molecule has 2 heterocycles. The first kappa shape index (κ1) is 19.5. The number of hydrogen-bond donors (Lipinski definition) is 2. The minimum atomic E-state index is -0.221. The molecule has 5 aromatic rings. The van der Waals surface area contributed by atoms with Crippen molar-refractivity contribution >= 4 is 23.1 Å². The second-order valence-corrected chi connectivity index (χ2v) is 7.42. The van der Waals surface area contributed by atoms with E-state index < -0.39 is 0 Å². The van der Waals surface area contributed by atoms with E-state index in [4.69, 9.17) is 0 Å². The number of aryl methyl sites for hydroxylation is 1. The molecule has 6 heteroatoms. The highest BCUT2D eigenvalue weighted by Crippen LogP contribution is 2.35. The third kappa shape index (κ3) is 3.70. The van der Waals surface area contributed by atoms with Gasteiger partial charge in [-0.05, 0) is 30.7 Å². The van der Waals surface area contributed by atoms with Crippen LogP contribution >= 0.6 is 0 Å². The first-order valence-electron chi connectivity index (χ1n) is 10.3. The van der Waals surface area contributed by atoms with Gasteiger partial charge in [-0.15, -0.1) is 0 Å². The first-order chi connectivity index (χ1) is 15.7. The number of nitrogens with zero attached hydrogens (tertiary/aromatic N) is 3. The summed E-state index contributed by atoms with van der Waals surface area (Å²) >= 11 is 0. The number of nitrogens with one attached hydrogen (secondary N) is 2. The van der Waals surface area contributed by atoms with E-state index >= 15 is 0 Å². The van der Waals surface area contributed by atoms with Crippen molar-refractivity contribution < 1.29 is 0 Å². The molecule has 0 aliphatic heterocycles. The normalized spacial score (nSPS) is 11.3. The van der Waals surface area contributed by atoms with E-state index in [0.29, 0.717) is 11.6 Å². The van der Waals surface area contributed by atoms with Crippen molar-refractivity contribution in [3.05, 3.63) is 113 Å². The summed E-state index contributed by atoms with van der Waals surface area (Å²) in [4.78, 5) is 18.7. The Bertz CT molecular complexity index is 1470. The SMILES string of the molecule is Cc1cc(=O)[nH]c(N/N=C/c2c(-c3ccccc3)n(-c3ccccc3)c3ccccc23)n1. The largest absolute Gasteiger partial charge is 0.309 e. The van der Waals surface area contributed by atoms with Gasteiger partial charge < -0.3 is 4.57 Å². The summed E-state index contributed by atoms with van der Waals surface area (Å²) in [6.07, 6.45) is 1.78. The molecule has 0 radical (unpaired) electrons. The highest BCUT2D eigenvalue weighted by Gasteiger charge is 2.18. The van der Waals surface area contributed by atoms with Crippen molar-refractivity contribution in [1.82, 2.24) is 14.5 Å². The fourth-order valence-corrected chi connectivity index (χ4v) is 3.91. The lowest BCUT2D eigenvalue weighted by atomic mass is 10.1. The fraction of sp³-hybridized carbons (Fsp3) is 0.0385. The van der Waals surface area contributed by atoms with Gasteiger partial charge in [0, 0.05) is 28.4 Å². The van der Waals surface area contributed by atoms with Crippen molar-refractivity contribution in [3.63, 3.8) is 0 Å². The van der Waals surface area contributed by atoms with Crippen LogP contribution in [0.1, 0.15) is 11.3 Å². The topological polar surface area (TPSA) is 75.1 Å². The van der Waals surface area contributed by atoms with Crippen LogP contribution in [0.5, 0.6) is 0 Å². The molecule has 0 unspecified atom stereocenters. The fourth-order valence-electron chi connectivity index (χ4n) is 3.91. The lowest BCUT2D eigenvalue weighted by Crippen LogP contribution is -2.10. The summed E-state index contributed by atoms with van der Waals surface area (Å²) in [5, 5.41) is 5.49. The molecular formula is C26H21N5O. The van der Waals surface area contributed by atoms with Crippen molar-refractivity contribution in [2.45, 2.75) is 6.92 Å². The Morgan fingerprint density at radius 2 is 1.62 bits per heavy atom. The molecule has 0 saturated carbocycles. The molecule has 3 aromatic carbocycles. The summed E-state index contributed by atoms with van der Waals surface area (Å²) in [5.41, 5.74) is 8.50. The number of hydrazone groups is 1. The molecule has 0 bridgehead atoms. The van der Waals surface area contributed by atoms with Gasteiger partial charge in [0.15, 0.2) is 0 Å². The number of anilines is 1. The standard InChI is InChI=1S/C26H21N5O/c1-18-16-24(32)29-26(28-18)30-27-17-22-21-14-8-9-15-23(21)31(20-12-6-3-7-13-20)25(22)19-10-4-2-5-11-19/h2-17H,1H3,(H2,28,29,30,32)/b27-17+. The minimum Gasteiger partial charge on any atom is -0.309 e. The monoisotopic (exact) mass is 419 g/mol. The van der Waals surface area contributed by atoms with Crippen LogP contribution in [-0.2, 0) is 0 Å². The molecule has 0 amide bonds. The van der Waals surface area contributed by atoms with Crippen LogP contribution in [0.15, 0.2) is 101 Å². The Balaban J connectivity index is 1.70. The highest BCUT2D eigenvalue weighted by molar-refractivity contribution is 6.07. The summed E-state index contributed by atoms with van der Waals surface area (Å²) in [6.45, 7) is 1.77. The van der Waals surface area contributed by atoms with E-state index in [1.807, 2.05) is 48.5 Å². The maximum absolute atomic E-state index is 11.7. The summed E-state index contributed by atoms with van der Waals surface area (Å²) in [5.74, 6) is 0.305. The molecule has 5 rings (SSSR count). The van der Waals surface area contributed by atoms with Crippen LogP contribution < -0.4 is 11.0 Å². The number of rotatable bonds is 5. The van der Waals surface area contributed by atoms with Gasteiger partial charge in [-0.3, -0.25) is 9.78 Å². The van der Waals surface area contributed by atoms with Gasteiger partial charge in [0.25, 0.3) is 5.56 Å². The lowest BCUT2D eigenvalue weighted by molar-refractivity contribution is 1.04. The molecule has 0 aliphatic rings. The quantitative estimate of drug-likeness (QED) is 0.306. The number of H-pyrrole nitrogens is 1. The molecular weight excluding hydrogens is 398 g/mol. The van der Waals surface area contributed by atoms with Gasteiger partial charge in [-0.25, -0.2) is 10.4 Å². The van der Waals surface area contributed by atoms with E-state index in [1.165, 1.54) is 6.07 Å². The van der Waals surface area contributed by atoms with E-state index in [-0.39, 0.29) is 5.56 Å². The third-order valence-electron chi connectivity index (χ3n) is 5.21. The maximum atomic E-state index is 11.7. The molecule has 6 nitrogen and oxygen atoms in total. The van der Waals surface area contributed by atoms with E-state index in [2.05, 4.69) is 61.5 Å². The Morgan fingerprint density at radius 1 is 0.938 bits per heavy atom. The predicted molar refractivity (Wildman–Crippen MR) is 130 cm³/mol. The molecule has 0 spiro atoms. The van der Waals surface area contributed by atoms with Crippen molar-refractivity contribution in [1.29, 1.82) is 0 Å².